The zero-order valence-electron chi connectivity index (χ0n) is 15.0. The predicted molar refractivity (Wildman–Crippen MR) is 102 cm³/mol. The predicted octanol–water partition coefficient (Wildman–Crippen LogP) is 3.56. The van der Waals surface area contributed by atoms with E-state index in [0.717, 1.165) is 61.9 Å². The van der Waals surface area contributed by atoms with Crippen molar-refractivity contribution in [2.24, 2.45) is 4.99 Å². The Hall–Kier alpha value is -1.27. The van der Waals surface area contributed by atoms with E-state index in [1.807, 2.05) is 12.3 Å². The van der Waals surface area contributed by atoms with Crippen LogP contribution in [0.3, 0.4) is 0 Å². The van der Waals surface area contributed by atoms with Crippen molar-refractivity contribution in [3.8, 4) is 0 Å². The molecule has 1 rings (SSSR count). The van der Waals surface area contributed by atoms with Crippen molar-refractivity contribution < 1.29 is 9.13 Å². The highest BCUT2D eigenvalue weighted by Gasteiger charge is 2.05. The van der Waals surface area contributed by atoms with E-state index in [1.54, 1.807) is 24.9 Å². The Morgan fingerprint density at radius 2 is 2.00 bits per heavy atom. The van der Waals surface area contributed by atoms with Gasteiger partial charge in [-0.25, -0.2) is 4.39 Å². The number of thioether (sulfide) groups is 1. The van der Waals surface area contributed by atoms with Crippen LogP contribution in [0.25, 0.3) is 0 Å². The van der Waals surface area contributed by atoms with Gasteiger partial charge in [0.05, 0.1) is 0 Å². The van der Waals surface area contributed by atoms with Crippen LogP contribution in [0.1, 0.15) is 37.3 Å². The zero-order valence-corrected chi connectivity index (χ0v) is 15.8. The summed E-state index contributed by atoms with van der Waals surface area (Å²) in [6.07, 6.45) is 5.24. The molecule has 0 saturated carbocycles. The maximum atomic E-state index is 13.4. The van der Waals surface area contributed by atoms with E-state index in [1.165, 1.54) is 6.07 Å². The zero-order chi connectivity index (χ0) is 17.6. The van der Waals surface area contributed by atoms with Crippen LogP contribution < -0.4 is 10.6 Å². The molecule has 6 heteroatoms. The van der Waals surface area contributed by atoms with E-state index in [0.29, 0.717) is 6.54 Å². The normalized spacial score (nSPS) is 11.6. The molecule has 0 aliphatic heterocycles. The maximum Gasteiger partial charge on any atom is 0.191 e. The molecule has 1 aromatic carbocycles. The first kappa shape index (κ1) is 20.8. The molecule has 0 saturated heterocycles. The SMILES string of the molecule is CCCCOCCCNC(=NC)NCc1ccc(F)cc1CSC. The molecular formula is C18H30FN3OS. The molecule has 0 aromatic heterocycles. The average Bonchev–Trinajstić information content (AvgIpc) is 2.58. The molecule has 24 heavy (non-hydrogen) atoms. The van der Waals surface area contributed by atoms with Gasteiger partial charge in [0.1, 0.15) is 5.82 Å². The Kier molecular flexibility index (Phi) is 11.3. The summed E-state index contributed by atoms with van der Waals surface area (Å²) in [5.74, 6) is 1.37. The maximum absolute atomic E-state index is 13.4. The van der Waals surface area contributed by atoms with E-state index in [-0.39, 0.29) is 5.82 Å². The van der Waals surface area contributed by atoms with Crippen LogP contribution in [0.4, 0.5) is 4.39 Å². The van der Waals surface area contributed by atoms with Gasteiger partial charge >= 0.3 is 0 Å². The number of unbranched alkanes of at least 4 members (excludes halogenated alkanes) is 1. The van der Waals surface area contributed by atoms with E-state index in [4.69, 9.17) is 4.74 Å². The number of aliphatic imine (C=N–C) groups is 1. The van der Waals surface area contributed by atoms with Crippen molar-refractivity contribution in [1.29, 1.82) is 0 Å². The molecule has 0 atom stereocenters. The second-order valence-corrected chi connectivity index (χ2v) is 6.38. The van der Waals surface area contributed by atoms with Crippen LogP contribution in [0.2, 0.25) is 0 Å². The molecule has 1 aromatic rings. The van der Waals surface area contributed by atoms with Gasteiger partial charge in [0.25, 0.3) is 0 Å². The highest BCUT2D eigenvalue weighted by atomic mass is 32.2. The number of nitrogens with one attached hydrogen (secondary N) is 2. The Labute approximate surface area is 149 Å². The van der Waals surface area contributed by atoms with Crippen LogP contribution in [0, 0.1) is 5.82 Å². The topological polar surface area (TPSA) is 45.6 Å². The molecule has 0 amide bonds. The third-order valence-corrected chi connectivity index (χ3v) is 4.14. The van der Waals surface area contributed by atoms with Gasteiger partial charge in [-0.05, 0) is 42.4 Å². The van der Waals surface area contributed by atoms with Crippen molar-refractivity contribution >= 4 is 17.7 Å². The number of rotatable bonds is 11. The van der Waals surface area contributed by atoms with Crippen molar-refractivity contribution in [3.63, 3.8) is 0 Å². The highest BCUT2D eigenvalue weighted by molar-refractivity contribution is 7.97. The monoisotopic (exact) mass is 355 g/mol. The van der Waals surface area contributed by atoms with Gasteiger partial charge < -0.3 is 15.4 Å². The first-order chi connectivity index (χ1) is 11.7. The molecular weight excluding hydrogens is 325 g/mol. The van der Waals surface area contributed by atoms with E-state index >= 15 is 0 Å². The minimum atomic E-state index is -0.187. The van der Waals surface area contributed by atoms with Gasteiger partial charge in [-0.15, -0.1) is 0 Å². The quantitative estimate of drug-likeness (QED) is 0.362. The molecule has 0 aliphatic carbocycles. The standard InChI is InChI=1S/C18H30FN3OS/c1-4-5-10-23-11-6-9-21-18(20-2)22-13-15-7-8-17(19)12-16(15)14-24-3/h7-8,12H,4-6,9-11,13-14H2,1-3H3,(H2,20,21,22). The average molecular weight is 356 g/mol. The summed E-state index contributed by atoms with van der Waals surface area (Å²) < 4.78 is 18.9. The van der Waals surface area contributed by atoms with Gasteiger partial charge in [0.2, 0.25) is 0 Å². The van der Waals surface area contributed by atoms with Crippen molar-refractivity contribution in [2.45, 2.75) is 38.5 Å². The number of hydrogen-bond donors (Lipinski definition) is 2. The lowest BCUT2D eigenvalue weighted by atomic mass is 10.1. The summed E-state index contributed by atoms with van der Waals surface area (Å²) in [7, 11) is 1.75. The second kappa shape index (κ2) is 13.1. The Morgan fingerprint density at radius 1 is 1.21 bits per heavy atom. The fourth-order valence-corrected chi connectivity index (χ4v) is 2.77. The number of halogens is 1. The molecule has 0 fully saturated rings. The number of nitrogens with zero attached hydrogens (tertiary/aromatic N) is 1. The first-order valence-electron chi connectivity index (χ1n) is 8.49. The van der Waals surface area contributed by atoms with Crippen LogP contribution in [0.15, 0.2) is 23.2 Å². The fourth-order valence-electron chi connectivity index (χ4n) is 2.19. The van der Waals surface area contributed by atoms with Gasteiger partial charge in [-0.2, -0.15) is 11.8 Å². The van der Waals surface area contributed by atoms with Crippen molar-refractivity contribution in [3.05, 3.63) is 35.1 Å². The third kappa shape index (κ3) is 8.55. The molecule has 4 nitrogen and oxygen atoms in total. The Bertz CT molecular complexity index is 497. The lowest BCUT2D eigenvalue weighted by Crippen LogP contribution is -2.37. The van der Waals surface area contributed by atoms with E-state index < -0.39 is 0 Å². The second-order valence-electron chi connectivity index (χ2n) is 5.52. The minimum absolute atomic E-state index is 0.187. The van der Waals surface area contributed by atoms with E-state index in [2.05, 4.69) is 22.5 Å². The Balaban J connectivity index is 2.34. The number of guanidine groups is 1. The summed E-state index contributed by atoms with van der Waals surface area (Å²) in [5.41, 5.74) is 2.12. The molecule has 0 aliphatic rings. The third-order valence-electron chi connectivity index (χ3n) is 3.54. The van der Waals surface area contributed by atoms with E-state index in [9.17, 15) is 4.39 Å². The highest BCUT2D eigenvalue weighted by Crippen LogP contribution is 2.16. The lowest BCUT2D eigenvalue weighted by molar-refractivity contribution is 0.129. The number of hydrogen-bond acceptors (Lipinski definition) is 3. The van der Waals surface area contributed by atoms with Crippen LogP contribution in [-0.2, 0) is 17.0 Å². The molecule has 136 valence electrons. The molecule has 0 heterocycles. The summed E-state index contributed by atoms with van der Waals surface area (Å²) in [6.45, 7) is 5.20. The summed E-state index contributed by atoms with van der Waals surface area (Å²) in [6, 6.07) is 4.95. The van der Waals surface area contributed by atoms with Gasteiger partial charge in [-0.3, -0.25) is 4.99 Å². The van der Waals surface area contributed by atoms with Crippen molar-refractivity contribution in [2.75, 3.05) is 33.1 Å². The van der Waals surface area contributed by atoms with Crippen LogP contribution in [0.5, 0.6) is 0 Å². The Morgan fingerprint density at radius 3 is 2.71 bits per heavy atom. The lowest BCUT2D eigenvalue weighted by Gasteiger charge is -2.14. The van der Waals surface area contributed by atoms with Gasteiger partial charge in [0.15, 0.2) is 5.96 Å². The number of benzene rings is 1. The van der Waals surface area contributed by atoms with Crippen LogP contribution in [-0.4, -0.2) is 39.0 Å². The molecule has 0 radical (unpaired) electrons. The largest absolute Gasteiger partial charge is 0.381 e. The summed E-state index contributed by atoms with van der Waals surface area (Å²) in [5, 5.41) is 6.55. The number of ether oxygens (including phenoxy) is 1. The molecule has 2 N–H and O–H groups in total. The molecule has 0 spiro atoms. The molecule has 0 bridgehead atoms. The smallest absolute Gasteiger partial charge is 0.191 e. The fraction of sp³-hybridized carbons (Fsp3) is 0.611. The van der Waals surface area contributed by atoms with Gasteiger partial charge in [0, 0.05) is 39.1 Å². The summed E-state index contributed by atoms with van der Waals surface area (Å²) >= 11 is 1.69. The van der Waals surface area contributed by atoms with Crippen LogP contribution >= 0.6 is 11.8 Å². The molecule has 0 unspecified atom stereocenters. The minimum Gasteiger partial charge on any atom is -0.381 e. The summed E-state index contributed by atoms with van der Waals surface area (Å²) in [4.78, 5) is 4.22. The van der Waals surface area contributed by atoms with Gasteiger partial charge in [-0.1, -0.05) is 19.4 Å². The first-order valence-corrected chi connectivity index (χ1v) is 9.89. The van der Waals surface area contributed by atoms with Crippen molar-refractivity contribution in [1.82, 2.24) is 10.6 Å².